The summed E-state index contributed by atoms with van der Waals surface area (Å²) < 4.78 is 76.3. The fourth-order valence-corrected chi connectivity index (χ4v) is 21.1. The Kier molecular flexibility index (Phi) is 24.4. The van der Waals surface area contributed by atoms with Gasteiger partial charge in [-0.3, -0.25) is 23.5 Å². The number of nitrogens with zero attached hydrogens (tertiary/aromatic N) is 2. The van der Waals surface area contributed by atoms with Crippen molar-refractivity contribution in [2.75, 3.05) is 49.2 Å². The lowest BCUT2D eigenvalue weighted by Crippen LogP contribution is -2.34. The Bertz CT molecular complexity index is 5820. The number of H-pyrrole nitrogens is 3. The maximum atomic E-state index is 14.4. The van der Waals surface area contributed by atoms with E-state index >= 15 is 0 Å². The highest BCUT2D eigenvalue weighted by Crippen LogP contribution is 2.53. The second-order valence-electron chi connectivity index (χ2n) is 33.1. The minimum atomic E-state index is -4.15. The molecule has 8 bridgehead atoms. The number of rotatable bonds is 30. The van der Waals surface area contributed by atoms with Crippen molar-refractivity contribution in [1.82, 2.24) is 30.9 Å². The minimum absolute atomic E-state index is 0.0502. The number of thioether (sulfide) groups is 1. The van der Waals surface area contributed by atoms with Gasteiger partial charge in [0.15, 0.2) is 11.5 Å². The molecule has 2 aliphatic carbocycles. The van der Waals surface area contributed by atoms with E-state index in [0.717, 1.165) is 177 Å². The van der Waals surface area contributed by atoms with Crippen LogP contribution in [0.3, 0.4) is 0 Å². The molecule has 0 radical (unpaired) electrons. The lowest BCUT2D eigenvalue weighted by atomic mass is 9.78. The minimum Gasteiger partial charge on any atom is -0.374 e. The van der Waals surface area contributed by atoms with Gasteiger partial charge in [-0.1, -0.05) is 138 Å². The molecule has 115 heavy (non-hydrogen) atoms. The van der Waals surface area contributed by atoms with Crippen LogP contribution < -0.4 is 31.5 Å². The van der Waals surface area contributed by atoms with Crippen LogP contribution in [-0.2, 0) is 47.0 Å². The van der Waals surface area contributed by atoms with Crippen LogP contribution in [0.4, 0.5) is 11.4 Å². The quantitative estimate of drug-likeness (QED) is 0.0119. The summed E-state index contributed by atoms with van der Waals surface area (Å²) in [6, 6.07) is 33.1. The molecule has 1 fully saturated rings. The summed E-state index contributed by atoms with van der Waals surface area (Å²) in [5.74, 6) is -1.18. The van der Waals surface area contributed by atoms with Crippen LogP contribution in [0.5, 0.6) is 0 Å². The van der Waals surface area contributed by atoms with Crippen molar-refractivity contribution in [3.05, 3.63) is 238 Å². The number of fused-ring (bicyclic) bond motifs is 13. The summed E-state index contributed by atoms with van der Waals surface area (Å²) in [6.45, 7) is 26.2. The summed E-state index contributed by atoms with van der Waals surface area (Å²) in [7, 11) is -8.30. The summed E-state index contributed by atoms with van der Waals surface area (Å²) in [4.78, 5) is 58.4. The first-order valence-electron chi connectivity index (χ1n) is 41.3. The third-order valence-corrected chi connectivity index (χ3v) is 27.6. The van der Waals surface area contributed by atoms with Crippen LogP contribution >= 0.6 is 11.8 Å². The van der Waals surface area contributed by atoms with E-state index in [1.807, 2.05) is 43.3 Å². The predicted octanol–water partition coefficient (Wildman–Crippen LogP) is 17.7. The van der Waals surface area contributed by atoms with E-state index < -0.39 is 31.1 Å². The number of amides is 2. The van der Waals surface area contributed by atoms with Gasteiger partial charge >= 0.3 is 0 Å². The third kappa shape index (κ3) is 17.1. The summed E-state index contributed by atoms with van der Waals surface area (Å²) in [5, 5.41) is 16.6. The number of carbonyl (C=O) groups excluding carboxylic acids is 3. The van der Waals surface area contributed by atoms with Gasteiger partial charge in [0.25, 0.3) is 26.1 Å². The summed E-state index contributed by atoms with van der Waals surface area (Å²) in [5.41, 5.74) is 21.2. The number of benzene rings is 5. The number of aromatic nitrogens is 3. The Morgan fingerprint density at radius 2 is 1.43 bits per heavy atom. The number of hydrogen-bond acceptors (Lipinski definition) is 11. The van der Waals surface area contributed by atoms with E-state index in [4.69, 9.17) is 4.74 Å². The molecule has 8 N–H and O–H groups in total. The lowest BCUT2D eigenvalue weighted by Gasteiger charge is -2.28. The monoisotopic (exact) mass is 1610 g/mol. The fourth-order valence-electron chi connectivity index (χ4n) is 18.8. The fraction of sp³-hybridized carbons (Fsp3) is 0.404. The van der Waals surface area contributed by atoms with Gasteiger partial charge in [0.1, 0.15) is 6.54 Å². The lowest BCUT2D eigenvalue weighted by molar-refractivity contribution is -0.438. The van der Waals surface area contributed by atoms with Crippen molar-refractivity contribution in [3.63, 3.8) is 0 Å². The predicted molar refractivity (Wildman–Crippen MR) is 466 cm³/mol. The van der Waals surface area contributed by atoms with Gasteiger partial charge in [0.2, 0.25) is 11.6 Å². The van der Waals surface area contributed by atoms with Crippen molar-refractivity contribution in [2.24, 2.45) is 11.8 Å². The Morgan fingerprint density at radius 3 is 2.17 bits per heavy atom. The molecule has 8 aromatic rings. The van der Waals surface area contributed by atoms with Gasteiger partial charge in [-0.15, -0.1) is 0 Å². The van der Waals surface area contributed by atoms with Crippen molar-refractivity contribution in [2.45, 2.75) is 194 Å². The van der Waals surface area contributed by atoms with E-state index in [0.29, 0.717) is 62.9 Å². The number of hydrogen-bond donors (Lipinski definition) is 8. The normalized spacial score (nSPS) is 18.6. The van der Waals surface area contributed by atoms with E-state index in [-0.39, 0.29) is 73.0 Å². The first kappa shape index (κ1) is 82.2. The Hall–Kier alpha value is -9.35. The molecule has 7 heterocycles. The summed E-state index contributed by atoms with van der Waals surface area (Å²) >= 11 is 1.62. The van der Waals surface area contributed by atoms with Crippen LogP contribution in [0.25, 0.3) is 45.3 Å². The molecule has 3 atom stereocenters. The molecule has 21 heteroatoms. The zero-order valence-corrected chi connectivity index (χ0v) is 70.8. The van der Waals surface area contributed by atoms with Gasteiger partial charge in [-0.25, -0.2) is 0 Å². The van der Waals surface area contributed by atoms with Gasteiger partial charge in [0, 0.05) is 163 Å². The first-order chi connectivity index (χ1) is 55.0. The highest BCUT2D eigenvalue weighted by atomic mass is 32.2. The molecular weight excluding hydrogens is 1500 g/mol. The van der Waals surface area contributed by atoms with Crippen molar-refractivity contribution in [3.8, 4) is 0 Å². The van der Waals surface area contributed by atoms with Gasteiger partial charge in [-0.2, -0.15) is 21.4 Å². The smallest absolute Gasteiger partial charge is 0.264 e. The SMILES string of the molecule is CCCCCCOC(C)c1c2[nH]c(c1C)C=C1NC(=C3CC(=O)c4c3[nH]c(c4C)C=c3[nH]c(c(C)c3CC)=C2)[C@@H](CCC(=O)NCCNC(=O)c2cccc(SC3=C(/C=C/C4=[N+](CCCCS(=O)(=O)O)c5ccc6ccccc6c5C4(C)C)CCC/C3=C\C=C3\N(CCCCS(=O)(=O)O)c4ccc5ccccc5c4C3(C)C)c2)[C@@H]1C. The van der Waals surface area contributed by atoms with E-state index in [2.05, 4.69) is 213 Å². The molecule has 4 aliphatic heterocycles. The average molecular weight is 1610 g/mol. The third-order valence-electron chi connectivity index (χ3n) is 24.8. The molecule has 0 spiro atoms. The second-order valence-corrected chi connectivity index (χ2v) is 37.4. The highest BCUT2D eigenvalue weighted by molar-refractivity contribution is 8.03. The maximum Gasteiger partial charge on any atom is 0.264 e. The second kappa shape index (κ2) is 34.1. The van der Waals surface area contributed by atoms with Gasteiger partial charge in [-0.05, 0) is 214 Å². The number of anilines is 1. The molecule has 14 rings (SSSR count). The molecule has 2 amide bonds. The number of ether oxygens (including phenoxy) is 1. The Balaban J connectivity index is 0.729. The number of allylic oxidation sites excluding steroid dienone is 10. The number of aromatic amines is 3. The van der Waals surface area contributed by atoms with Crippen LogP contribution in [0.1, 0.15) is 234 Å². The molecule has 0 saturated carbocycles. The van der Waals surface area contributed by atoms with Crippen LogP contribution in [-0.4, -0.2) is 113 Å². The molecule has 18 nitrogen and oxygen atoms in total. The van der Waals surface area contributed by atoms with E-state index in [9.17, 15) is 40.3 Å². The largest absolute Gasteiger partial charge is 0.374 e. The van der Waals surface area contributed by atoms with Gasteiger partial charge < -0.3 is 40.5 Å². The topological polar surface area (TPSA) is 259 Å². The molecule has 604 valence electrons. The standard InChI is InChI=1S/C94H110N8O10S3/c1-12-14-15-22-49-112-61(7)85-59(5)75-54-74-58(4)69(89(99-74)72-53-81(103)86-60(6)76(100-90(72)86)55-77-68(13-2)57(3)73(97-77)56-78(85)98-75)39-44-84(104)95-45-46-96-92(105)66-31-26-32-67(52-66)113-91-64(37-42-82-93(8,9)87-70-33-18-16-27-62(70)35-40-79(87)101(82)47-20-23-50-114(106,107)108)29-25-30-65(91)38-43-83-94(10,11)88-71-34-19-17-28-63(71)36-41-80(88)102(83)48-21-24-51-115(109,110)111/h16-19,26-28,31-38,40-43,52,54-56,58,61,69,97-98H,12-15,20-25,29-30,39,44-51,53H2,1-11H3,(H5-,95,96,99,100,103,104,105,106,107,108,109,110,111)/p+1/t58-,61?,69-/m0/s1. The zero-order valence-electron chi connectivity index (χ0n) is 68.3. The van der Waals surface area contributed by atoms with Gasteiger partial charge in [0.05, 0.1) is 28.7 Å². The molecular formula is C94H111N8O10S3+. The van der Waals surface area contributed by atoms with Crippen molar-refractivity contribution < 1.29 is 49.6 Å². The van der Waals surface area contributed by atoms with Crippen molar-refractivity contribution in [1.29, 1.82) is 0 Å². The molecule has 1 saturated heterocycles. The van der Waals surface area contributed by atoms with E-state index in [1.165, 1.54) is 28.7 Å². The summed E-state index contributed by atoms with van der Waals surface area (Å²) in [6.07, 6.45) is 25.7. The van der Waals surface area contributed by atoms with Crippen LogP contribution in [0, 0.1) is 32.6 Å². The number of ketones is 1. The number of carbonyl (C=O) groups is 3. The van der Waals surface area contributed by atoms with Crippen LogP contribution in [0.15, 0.2) is 159 Å². The Labute approximate surface area is 681 Å². The number of Topliss-reactive ketones (excluding diaryl/α,β-unsaturated/α-hetero) is 1. The molecule has 6 aliphatic rings. The Morgan fingerprint density at radius 1 is 0.730 bits per heavy atom. The van der Waals surface area contributed by atoms with E-state index in [1.54, 1.807) is 11.8 Å². The average Bonchev–Trinajstić information content (AvgIpc) is 1.81. The molecule has 1 unspecified atom stereocenters. The highest BCUT2D eigenvalue weighted by Gasteiger charge is 2.47. The maximum absolute atomic E-state index is 14.4. The zero-order chi connectivity index (χ0) is 81.4. The molecule has 3 aromatic heterocycles. The van der Waals surface area contributed by atoms with Crippen molar-refractivity contribution >= 4 is 112 Å². The number of nitrogens with one attached hydrogen (secondary N) is 6. The van der Waals surface area contributed by atoms with Crippen LogP contribution in [0.2, 0.25) is 0 Å². The first-order valence-corrected chi connectivity index (χ1v) is 45.3. The number of unbranched alkanes of at least 4 members (excludes halogenated alkanes) is 5. The molecule has 5 aromatic carbocycles.